The third-order valence-corrected chi connectivity index (χ3v) is 3.15. The van der Waals surface area contributed by atoms with Gasteiger partial charge in [-0.3, -0.25) is 0 Å². The SMILES string of the molecule is CCc1nc(-c2cc(OC)cc(OC)c2N)[nH]c1C. The number of aromatic amines is 1. The second-order valence-electron chi connectivity index (χ2n) is 4.30. The predicted octanol–water partition coefficient (Wildman–Crippen LogP) is 2.55. The third kappa shape index (κ3) is 2.36. The Labute approximate surface area is 112 Å². The van der Waals surface area contributed by atoms with Crippen molar-refractivity contribution in [3.8, 4) is 22.9 Å². The number of aromatic nitrogens is 2. The molecule has 3 N–H and O–H groups in total. The van der Waals surface area contributed by atoms with Crippen molar-refractivity contribution in [1.82, 2.24) is 9.97 Å². The molecule has 0 bridgehead atoms. The maximum atomic E-state index is 6.11. The van der Waals surface area contributed by atoms with E-state index in [1.54, 1.807) is 20.3 Å². The Morgan fingerprint density at radius 1 is 1.26 bits per heavy atom. The van der Waals surface area contributed by atoms with Gasteiger partial charge in [-0.25, -0.2) is 4.98 Å². The molecule has 0 aliphatic rings. The average Bonchev–Trinajstić information content (AvgIpc) is 2.80. The van der Waals surface area contributed by atoms with Gasteiger partial charge in [0.1, 0.15) is 17.3 Å². The molecular formula is C14H19N3O2. The molecule has 102 valence electrons. The number of imidazole rings is 1. The van der Waals surface area contributed by atoms with E-state index in [9.17, 15) is 0 Å². The van der Waals surface area contributed by atoms with Crippen LogP contribution in [0.15, 0.2) is 12.1 Å². The molecule has 5 heteroatoms. The molecule has 0 saturated heterocycles. The fraction of sp³-hybridized carbons (Fsp3) is 0.357. The van der Waals surface area contributed by atoms with Crippen LogP contribution in [-0.2, 0) is 6.42 Å². The van der Waals surface area contributed by atoms with Gasteiger partial charge < -0.3 is 20.2 Å². The monoisotopic (exact) mass is 261 g/mol. The standard InChI is InChI=1S/C14H19N3O2/c1-5-11-8(2)16-14(17-11)10-6-9(18-3)7-12(19-4)13(10)15/h6-7H,5,15H2,1-4H3,(H,16,17). The zero-order valence-electron chi connectivity index (χ0n) is 11.7. The van der Waals surface area contributed by atoms with Gasteiger partial charge in [0, 0.05) is 17.3 Å². The highest BCUT2D eigenvalue weighted by molar-refractivity contribution is 5.79. The van der Waals surface area contributed by atoms with Crippen LogP contribution in [0.2, 0.25) is 0 Å². The number of nitrogen functional groups attached to an aromatic ring is 1. The second kappa shape index (κ2) is 5.22. The molecule has 0 unspecified atom stereocenters. The highest BCUT2D eigenvalue weighted by Crippen LogP contribution is 2.36. The molecule has 5 nitrogen and oxygen atoms in total. The quantitative estimate of drug-likeness (QED) is 0.829. The molecule has 2 rings (SSSR count). The number of rotatable bonds is 4. The van der Waals surface area contributed by atoms with Crippen molar-refractivity contribution >= 4 is 5.69 Å². The van der Waals surface area contributed by atoms with Gasteiger partial charge in [0.2, 0.25) is 0 Å². The van der Waals surface area contributed by atoms with Crippen LogP contribution < -0.4 is 15.2 Å². The normalized spacial score (nSPS) is 10.5. The van der Waals surface area contributed by atoms with Gasteiger partial charge in [0.05, 0.1) is 25.6 Å². The maximum absolute atomic E-state index is 6.11. The molecule has 1 aromatic heterocycles. The summed E-state index contributed by atoms with van der Waals surface area (Å²) in [6.45, 7) is 4.07. The number of anilines is 1. The zero-order chi connectivity index (χ0) is 14.0. The highest BCUT2D eigenvalue weighted by atomic mass is 16.5. The summed E-state index contributed by atoms with van der Waals surface area (Å²) in [7, 11) is 3.19. The lowest BCUT2D eigenvalue weighted by molar-refractivity contribution is 0.396. The van der Waals surface area contributed by atoms with Gasteiger partial charge in [-0.15, -0.1) is 0 Å². The number of hydrogen-bond acceptors (Lipinski definition) is 4. The molecule has 0 radical (unpaired) electrons. The molecule has 2 aromatic rings. The second-order valence-corrected chi connectivity index (χ2v) is 4.30. The molecule has 1 heterocycles. The van der Waals surface area contributed by atoms with Crippen molar-refractivity contribution in [2.45, 2.75) is 20.3 Å². The Kier molecular flexibility index (Phi) is 3.64. The first-order valence-electron chi connectivity index (χ1n) is 6.18. The summed E-state index contributed by atoms with van der Waals surface area (Å²) in [5.41, 5.74) is 9.55. The van der Waals surface area contributed by atoms with Crippen molar-refractivity contribution in [3.05, 3.63) is 23.5 Å². The van der Waals surface area contributed by atoms with Crippen molar-refractivity contribution < 1.29 is 9.47 Å². The molecule has 0 spiro atoms. The fourth-order valence-corrected chi connectivity index (χ4v) is 2.05. The number of nitrogens with two attached hydrogens (primary N) is 1. The van der Waals surface area contributed by atoms with E-state index in [-0.39, 0.29) is 0 Å². The van der Waals surface area contributed by atoms with E-state index in [1.807, 2.05) is 13.0 Å². The van der Waals surface area contributed by atoms with Crippen LogP contribution >= 0.6 is 0 Å². The summed E-state index contributed by atoms with van der Waals surface area (Å²) in [6, 6.07) is 3.62. The Balaban J connectivity index is 2.59. The third-order valence-electron chi connectivity index (χ3n) is 3.15. The Hall–Kier alpha value is -2.17. The zero-order valence-corrected chi connectivity index (χ0v) is 11.7. The van der Waals surface area contributed by atoms with Crippen LogP contribution in [0.5, 0.6) is 11.5 Å². The lowest BCUT2D eigenvalue weighted by atomic mass is 10.1. The lowest BCUT2D eigenvalue weighted by Crippen LogP contribution is -1.98. The highest BCUT2D eigenvalue weighted by Gasteiger charge is 2.15. The summed E-state index contributed by atoms with van der Waals surface area (Å²) < 4.78 is 10.5. The van der Waals surface area contributed by atoms with Crippen LogP contribution in [0, 0.1) is 6.92 Å². The Morgan fingerprint density at radius 3 is 2.53 bits per heavy atom. The minimum atomic E-state index is 0.555. The van der Waals surface area contributed by atoms with E-state index in [0.717, 1.165) is 29.2 Å². The number of H-pyrrole nitrogens is 1. The summed E-state index contributed by atoms with van der Waals surface area (Å²) in [5, 5.41) is 0. The molecule has 0 aliphatic heterocycles. The Morgan fingerprint density at radius 2 is 2.00 bits per heavy atom. The van der Waals surface area contributed by atoms with Crippen molar-refractivity contribution in [2.75, 3.05) is 20.0 Å². The molecule has 0 atom stereocenters. The maximum Gasteiger partial charge on any atom is 0.146 e. The number of methoxy groups -OCH3 is 2. The number of benzene rings is 1. The number of hydrogen-bond donors (Lipinski definition) is 2. The van der Waals surface area contributed by atoms with Crippen molar-refractivity contribution in [3.63, 3.8) is 0 Å². The predicted molar refractivity (Wildman–Crippen MR) is 75.7 cm³/mol. The van der Waals surface area contributed by atoms with Crippen LogP contribution in [0.25, 0.3) is 11.4 Å². The molecule has 0 aliphatic carbocycles. The van der Waals surface area contributed by atoms with Crippen molar-refractivity contribution in [2.24, 2.45) is 0 Å². The molecule has 19 heavy (non-hydrogen) atoms. The van der Waals surface area contributed by atoms with Gasteiger partial charge in [-0.2, -0.15) is 0 Å². The average molecular weight is 261 g/mol. The van der Waals surface area contributed by atoms with Gasteiger partial charge in [-0.1, -0.05) is 6.92 Å². The summed E-state index contributed by atoms with van der Waals surface area (Å²) >= 11 is 0. The van der Waals surface area contributed by atoms with Crippen LogP contribution in [0.3, 0.4) is 0 Å². The van der Waals surface area contributed by atoms with E-state index in [4.69, 9.17) is 15.2 Å². The summed E-state index contributed by atoms with van der Waals surface area (Å²) in [6.07, 6.45) is 0.878. The molecule has 0 amide bonds. The van der Waals surface area contributed by atoms with Gasteiger partial charge >= 0.3 is 0 Å². The Bertz CT molecular complexity index is 591. The minimum absolute atomic E-state index is 0.555. The topological polar surface area (TPSA) is 73.2 Å². The molecule has 0 fully saturated rings. The van der Waals surface area contributed by atoms with Crippen LogP contribution in [-0.4, -0.2) is 24.2 Å². The van der Waals surface area contributed by atoms with Gasteiger partial charge in [0.25, 0.3) is 0 Å². The lowest BCUT2D eigenvalue weighted by Gasteiger charge is -2.11. The summed E-state index contributed by atoms with van der Waals surface area (Å²) in [5.74, 6) is 2.01. The van der Waals surface area contributed by atoms with E-state index in [2.05, 4.69) is 16.9 Å². The smallest absolute Gasteiger partial charge is 0.146 e. The van der Waals surface area contributed by atoms with Gasteiger partial charge in [-0.05, 0) is 19.4 Å². The molecule has 0 saturated carbocycles. The van der Waals surface area contributed by atoms with Crippen LogP contribution in [0.4, 0.5) is 5.69 Å². The number of ether oxygens (including phenoxy) is 2. The first kappa shape index (κ1) is 13.3. The first-order chi connectivity index (χ1) is 9.10. The van der Waals surface area contributed by atoms with E-state index < -0.39 is 0 Å². The number of nitrogens with zero attached hydrogens (tertiary/aromatic N) is 1. The van der Waals surface area contributed by atoms with Crippen molar-refractivity contribution in [1.29, 1.82) is 0 Å². The van der Waals surface area contributed by atoms with E-state index >= 15 is 0 Å². The minimum Gasteiger partial charge on any atom is -0.497 e. The van der Waals surface area contributed by atoms with E-state index in [1.165, 1.54) is 0 Å². The molecular weight excluding hydrogens is 242 g/mol. The number of nitrogens with one attached hydrogen (secondary N) is 1. The largest absolute Gasteiger partial charge is 0.497 e. The fourth-order valence-electron chi connectivity index (χ4n) is 2.05. The van der Waals surface area contributed by atoms with E-state index in [0.29, 0.717) is 17.2 Å². The summed E-state index contributed by atoms with van der Waals surface area (Å²) in [4.78, 5) is 7.82. The van der Waals surface area contributed by atoms with Crippen LogP contribution in [0.1, 0.15) is 18.3 Å². The number of aryl methyl sites for hydroxylation is 2. The first-order valence-corrected chi connectivity index (χ1v) is 6.18. The molecule has 1 aromatic carbocycles. The van der Waals surface area contributed by atoms with Gasteiger partial charge in [0.15, 0.2) is 0 Å².